The number of fused-ring (bicyclic) bond motifs is 1. The van der Waals surface area contributed by atoms with Gasteiger partial charge in [0.15, 0.2) is 0 Å². The maximum Gasteiger partial charge on any atom is 0.244 e. The van der Waals surface area contributed by atoms with Crippen molar-refractivity contribution in [3.63, 3.8) is 0 Å². The van der Waals surface area contributed by atoms with E-state index in [2.05, 4.69) is 11.4 Å². The fraction of sp³-hybridized carbons (Fsp3) is 0.182. The lowest BCUT2D eigenvalue weighted by atomic mass is 9.99. The Morgan fingerprint density at radius 1 is 1.15 bits per heavy atom. The monoisotopic (exact) mass is 376 g/mol. The molecule has 1 unspecified atom stereocenters. The van der Waals surface area contributed by atoms with Crippen molar-refractivity contribution in [3.05, 3.63) is 87.6 Å². The van der Waals surface area contributed by atoms with Gasteiger partial charge in [0.2, 0.25) is 11.8 Å². The molecule has 2 heterocycles. The van der Waals surface area contributed by atoms with Gasteiger partial charge in [-0.15, -0.1) is 11.3 Å². The number of hydrogen-bond donors (Lipinski definition) is 1. The lowest BCUT2D eigenvalue weighted by Gasteiger charge is -2.29. The maximum absolute atomic E-state index is 13.2. The SMILES string of the molecule is Cc1ccc2c(c1)C(c1cccs1)N(C(=O)Cc1ccccc1)CC(=O)N2. The third kappa shape index (κ3) is 3.64. The van der Waals surface area contributed by atoms with Crippen LogP contribution in [0, 0.1) is 6.92 Å². The molecule has 0 bridgehead atoms. The topological polar surface area (TPSA) is 49.4 Å². The number of aryl methyl sites for hydroxylation is 1. The summed E-state index contributed by atoms with van der Waals surface area (Å²) in [5.41, 5.74) is 3.78. The van der Waals surface area contributed by atoms with Crippen molar-refractivity contribution < 1.29 is 9.59 Å². The highest BCUT2D eigenvalue weighted by Gasteiger charge is 2.33. The van der Waals surface area contributed by atoms with Crippen LogP contribution in [0.1, 0.15) is 27.6 Å². The zero-order chi connectivity index (χ0) is 18.8. The second-order valence-corrected chi connectivity index (χ2v) is 7.72. The molecule has 5 heteroatoms. The van der Waals surface area contributed by atoms with Gasteiger partial charge in [-0.2, -0.15) is 0 Å². The maximum atomic E-state index is 13.2. The van der Waals surface area contributed by atoms with Crippen LogP contribution >= 0.6 is 11.3 Å². The molecule has 3 aromatic rings. The predicted molar refractivity (Wildman–Crippen MR) is 108 cm³/mol. The Morgan fingerprint density at radius 3 is 2.70 bits per heavy atom. The van der Waals surface area contributed by atoms with Crippen LogP contribution in [-0.4, -0.2) is 23.3 Å². The molecule has 0 aliphatic carbocycles. The standard InChI is InChI=1S/C22H20N2O2S/c1-15-9-10-18-17(12-15)22(19-8-5-11-27-19)24(14-20(25)23-18)21(26)13-16-6-3-2-4-7-16/h2-12,22H,13-14H2,1H3,(H,23,25). The van der Waals surface area contributed by atoms with Gasteiger partial charge in [-0.05, 0) is 30.0 Å². The van der Waals surface area contributed by atoms with E-state index in [0.717, 1.165) is 27.3 Å². The van der Waals surface area contributed by atoms with Crippen molar-refractivity contribution in [2.24, 2.45) is 0 Å². The Labute approximate surface area is 162 Å². The van der Waals surface area contributed by atoms with E-state index in [1.54, 1.807) is 16.2 Å². The molecule has 1 aliphatic rings. The smallest absolute Gasteiger partial charge is 0.244 e. The summed E-state index contributed by atoms with van der Waals surface area (Å²) in [6.07, 6.45) is 0.275. The first kappa shape index (κ1) is 17.5. The lowest BCUT2D eigenvalue weighted by molar-refractivity contribution is -0.135. The second-order valence-electron chi connectivity index (χ2n) is 6.74. The average molecular weight is 376 g/mol. The number of nitrogens with one attached hydrogen (secondary N) is 1. The Morgan fingerprint density at radius 2 is 1.96 bits per heavy atom. The Hall–Kier alpha value is -2.92. The predicted octanol–water partition coefficient (Wildman–Crippen LogP) is 4.17. The third-order valence-electron chi connectivity index (χ3n) is 4.73. The molecule has 0 saturated carbocycles. The van der Waals surface area contributed by atoms with Crippen LogP contribution in [0.2, 0.25) is 0 Å². The normalized spacial score (nSPS) is 16.4. The number of rotatable bonds is 3. The minimum Gasteiger partial charge on any atom is -0.324 e. The molecule has 1 N–H and O–H groups in total. The quantitative estimate of drug-likeness (QED) is 0.746. The first-order chi connectivity index (χ1) is 13.1. The lowest BCUT2D eigenvalue weighted by Crippen LogP contribution is -2.39. The van der Waals surface area contributed by atoms with Gasteiger partial charge in [0.1, 0.15) is 6.54 Å². The Balaban J connectivity index is 1.78. The van der Waals surface area contributed by atoms with E-state index in [0.29, 0.717) is 0 Å². The van der Waals surface area contributed by atoms with E-state index >= 15 is 0 Å². The third-order valence-corrected chi connectivity index (χ3v) is 5.66. The van der Waals surface area contributed by atoms with Gasteiger partial charge in [-0.1, -0.05) is 54.1 Å². The Bertz CT molecular complexity index is 967. The van der Waals surface area contributed by atoms with Crippen LogP contribution in [0.15, 0.2) is 66.0 Å². The van der Waals surface area contributed by atoms with Crippen molar-refractivity contribution in [1.82, 2.24) is 4.90 Å². The van der Waals surface area contributed by atoms with Gasteiger partial charge in [0.25, 0.3) is 0 Å². The summed E-state index contributed by atoms with van der Waals surface area (Å²) in [6, 6.07) is 19.4. The summed E-state index contributed by atoms with van der Waals surface area (Å²) in [7, 11) is 0. The van der Waals surface area contributed by atoms with Crippen molar-refractivity contribution in [3.8, 4) is 0 Å². The second kappa shape index (κ2) is 7.37. The van der Waals surface area contributed by atoms with Crippen LogP contribution in [0.3, 0.4) is 0 Å². The fourth-order valence-corrected chi connectivity index (χ4v) is 4.34. The van der Waals surface area contributed by atoms with Gasteiger partial charge >= 0.3 is 0 Å². The summed E-state index contributed by atoms with van der Waals surface area (Å²) in [4.78, 5) is 28.5. The fourth-order valence-electron chi connectivity index (χ4n) is 3.48. The highest BCUT2D eigenvalue weighted by Crippen LogP contribution is 2.38. The molecule has 2 amide bonds. The summed E-state index contributed by atoms with van der Waals surface area (Å²) in [5, 5.41) is 4.97. The number of carbonyl (C=O) groups is 2. The molecule has 4 nitrogen and oxygen atoms in total. The molecule has 1 aromatic heterocycles. The molecule has 1 atom stereocenters. The molecule has 1 aliphatic heterocycles. The largest absolute Gasteiger partial charge is 0.324 e. The number of carbonyl (C=O) groups excluding carboxylic acids is 2. The number of benzene rings is 2. The minimum atomic E-state index is -0.268. The van der Waals surface area contributed by atoms with Gasteiger partial charge in [0, 0.05) is 16.1 Å². The van der Waals surface area contributed by atoms with Crippen LogP contribution in [-0.2, 0) is 16.0 Å². The van der Waals surface area contributed by atoms with Crippen molar-refractivity contribution in [2.45, 2.75) is 19.4 Å². The number of amides is 2. The molecule has 2 aromatic carbocycles. The van der Waals surface area contributed by atoms with Gasteiger partial charge in [-0.3, -0.25) is 9.59 Å². The number of hydrogen-bond acceptors (Lipinski definition) is 3. The highest BCUT2D eigenvalue weighted by atomic mass is 32.1. The van der Waals surface area contributed by atoms with Crippen molar-refractivity contribution in [2.75, 3.05) is 11.9 Å². The average Bonchev–Trinajstić information content (AvgIpc) is 3.13. The summed E-state index contributed by atoms with van der Waals surface area (Å²) in [6.45, 7) is 2.07. The molecule has 0 fully saturated rings. The molecule has 0 radical (unpaired) electrons. The summed E-state index contributed by atoms with van der Waals surface area (Å²) in [5.74, 6) is -0.218. The van der Waals surface area contributed by atoms with Crippen LogP contribution in [0.25, 0.3) is 0 Å². The van der Waals surface area contributed by atoms with Crippen molar-refractivity contribution in [1.29, 1.82) is 0 Å². The van der Waals surface area contributed by atoms with Crippen molar-refractivity contribution >= 4 is 28.8 Å². The molecular formula is C22H20N2O2S. The minimum absolute atomic E-state index is 0.0436. The van der Waals surface area contributed by atoms with Gasteiger partial charge in [-0.25, -0.2) is 0 Å². The van der Waals surface area contributed by atoms with Crippen LogP contribution in [0.5, 0.6) is 0 Å². The molecule has 136 valence electrons. The van der Waals surface area contributed by atoms with Crippen LogP contribution in [0.4, 0.5) is 5.69 Å². The number of anilines is 1. The van der Waals surface area contributed by atoms with Crippen LogP contribution < -0.4 is 5.32 Å². The number of thiophene rings is 1. The summed E-state index contributed by atoms with van der Waals surface area (Å²) >= 11 is 1.60. The first-order valence-electron chi connectivity index (χ1n) is 8.89. The zero-order valence-electron chi connectivity index (χ0n) is 15.0. The van der Waals surface area contributed by atoms with E-state index in [4.69, 9.17) is 0 Å². The molecule has 0 saturated heterocycles. The van der Waals surface area contributed by atoms with E-state index in [1.165, 1.54) is 0 Å². The molecule has 0 spiro atoms. The molecular weight excluding hydrogens is 356 g/mol. The zero-order valence-corrected chi connectivity index (χ0v) is 15.8. The van der Waals surface area contributed by atoms with Gasteiger partial charge < -0.3 is 10.2 Å². The molecule has 4 rings (SSSR count). The van der Waals surface area contributed by atoms with E-state index in [-0.39, 0.29) is 30.8 Å². The molecule has 27 heavy (non-hydrogen) atoms. The van der Waals surface area contributed by atoms with E-state index in [1.807, 2.05) is 66.9 Å². The Kier molecular flexibility index (Phi) is 4.77. The highest BCUT2D eigenvalue weighted by molar-refractivity contribution is 7.10. The first-order valence-corrected chi connectivity index (χ1v) is 9.77. The van der Waals surface area contributed by atoms with E-state index < -0.39 is 0 Å². The van der Waals surface area contributed by atoms with Gasteiger partial charge in [0.05, 0.1) is 12.5 Å². The number of nitrogens with zero attached hydrogens (tertiary/aromatic N) is 1. The van der Waals surface area contributed by atoms with E-state index in [9.17, 15) is 9.59 Å². The summed E-state index contributed by atoms with van der Waals surface area (Å²) < 4.78 is 0.